The Hall–Kier alpha value is -1.13. The van der Waals surface area contributed by atoms with E-state index in [1.54, 1.807) is 0 Å². The summed E-state index contributed by atoms with van der Waals surface area (Å²) in [5, 5.41) is 3.24. The van der Waals surface area contributed by atoms with Crippen molar-refractivity contribution in [3.05, 3.63) is 23.8 Å². The molecule has 1 aromatic carbocycles. The second-order valence-corrected chi connectivity index (χ2v) is 4.47. The van der Waals surface area contributed by atoms with E-state index in [1.807, 2.05) is 25.1 Å². The smallest absolute Gasteiger partial charge is 0.241 e. The SMILES string of the molecule is Cc1ccc2nc(NC(=O)CCl)sc2c1. The third-order valence-corrected chi connectivity index (χ3v) is 3.09. The largest absolute Gasteiger partial charge is 0.301 e. The summed E-state index contributed by atoms with van der Waals surface area (Å²) in [6.07, 6.45) is 0. The van der Waals surface area contributed by atoms with Crippen LogP contribution in [0.15, 0.2) is 18.2 Å². The first-order valence-corrected chi connectivity index (χ1v) is 5.77. The molecule has 0 unspecified atom stereocenters. The summed E-state index contributed by atoms with van der Waals surface area (Å²) >= 11 is 6.84. The van der Waals surface area contributed by atoms with Gasteiger partial charge >= 0.3 is 0 Å². The van der Waals surface area contributed by atoms with Crippen LogP contribution in [0.25, 0.3) is 10.2 Å². The fourth-order valence-corrected chi connectivity index (χ4v) is 2.29. The zero-order valence-electron chi connectivity index (χ0n) is 8.08. The Labute approximate surface area is 96.1 Å². The average Bonchev–Trinajstić information content (AvgIpc) is 2.59. The Kier molecular flexibility index (Phi) is 2.88. The molecule has 3 nitrogen and oxygen atoms in total. The number of anilines is 1. The van der Waals surface area contributed by atoms with Crippen LogP contribution in [0.2, 0.25) is 0 Å². The van der Waals surface area contributed by atoms with Crippen LogP contribution in [-0.2, 0) is 4.79 Å². The number of hydrogen-bond donors (Lipinski definition) is 1. The lowest BCUT2D eigenvalue weighted by atomic mass is 10.2. The van der Waals surface area contributed by atoms with Gasteiger partial charge < -0.3 is 5.32 Å². The van der Waals surface area contributed by atoms with Gasteiger partial charge in [-0.2, -0.15) is 0 Å². The quantitative estimate of drug-likeness (QED) is 0.821. The monoisotopic (exact) mass is 240 g/mol. The lowest BCUT2D eigenvalue weighted by Crippen LogP contribution is -2.11. The van der Waals surface area contributed by atoms with Gasteiger partial charge in [0.25, 0.3) is 0 Å². The first-order valence-electron chi connectivity index (χ1n) is 4.42. The molecule has 0 radical (unpaired) electrons. The van der Waals surface area contributed by atoms with E-state index in [-0.39, 0.29) is 11.8 Å². The molecule has 0 aliphatic carbocycles. The van der Waals surface area contributed by atoms with Crippen LogP contribution in [-0.4, -0.2) is 16.8 Å². The van der Waals surface area contributed by atoms with Crippen molar-refractivity contribution in [1.82, 2.24) is 4.98 Å². The topological polar surface area (TPSA) is 42.0 Å². The van der Waals surface area contributed by atoms with Crippen LogP contribution in [0.5, 0.6) is 0 Å². The van der Waals surface area contributed by atoms with Gasteiger partial charge in [0, 0.05) is 0 Å². The number of halogens is 1. The number of hydrogen-bond acceptors (Lipinski definition) is 3. The molecule has 5 heteroatoms. The molecule has 0 bridgehead atoms. The molecule has 0 aliphatic rings. The molecule has 0 aliphatic heterocycles. The molecule has 0 saturated heterocycles. The number of aryl methyl sites for hydroxylation is 1. The van der Waals surface area contributed by atoms with Crippen LogP contribution < -0.4 is 5.32 Å². The van der Waals surface area contributed by atoms with Gasteiger partial charge in [0.15, 0.2) is 5.13 Å². The Balaban J connectivity index is 2.34. The first kappa shape index (κ1) is 10.4. The Morgan fingerprint density at radius 1 is 1.60 bits per heavy atom. The van der Waals surface area contributed by atoms with E-state index < -0.39 is 0 Å². The minimum Gasteiger partial charge on any atom is -0.301 e. The van der Waals surface area contributed by atoms with E-state index in [2.05, 4.69) is 10.3 Å². The van der Waals surface area contributed by atoms with Crippen molar-refractivity contribution >= 4 is 44.2 Å². The molecule has 1 heterocycles. The summed E-state index contributed by atoms with van der Waals surface area (Å²) in [7, 11) is 0. The predicted molar refractivity (Wildman–Crippen MR) is 63.7 cm³/mol. The highest BCUT2D eigenvalue weighted by molar-refractivity contribution is 7.22. The second-order valence-electron chi connectivity index (χ2n) is 3.17. The van der Waals surface area contributed by atoms with Gasteiger partial charge in [0.05, 0.1) is 10.2 Å². The lowest BCUT2D eigenvalue weighted by molar-refractivity contribution is -0.113. The Morgan fingerprint density at radius 3 is 3.13 bits per heavy atom. The van der Waals surface area contributed by atoms with Gasteiger partial charge in [-0.25, -0.2) is 4.98 Å². The first-order chi connectivity index (χ1) is 7.19. The van der Waals surface area contributed by atoms with Crippen LogP contribution in [0, 0.1) is 6.92 Å². The number of alkyl halides is 1. The van der Waals surface area contributed by atoms with Crippen LogP contribution in [0.1, 0.15) is 5.56 Å². The van der Waals surface area contributed by atoms with Crippen molar-refractivity contribution in [1.29, 1.82) is 0 Å². The van der Waals surface area contributed by atoms with Gasteiger partial charge in [0.1, 0.15) is 5.88 Å². The third kappa shape index (κ3) is 2.27. The number of benzene rings is 1. The second kappa shape index (κ2) is 4.16. The molecular formula is C10H9ClN2OS. The normalized spacial score (nSPS) is 10.5. The number of carbonyl (C=O) groups is 1. The maximum absolute atomic E-state index is 11.0. The number of carbonyl (C=O) groups excluding carboxylic acids is 1. The molecule has 15 heavy (non-hydrogen) atoms. The van der Waals surface area contributed by atoms with E-state index >= 15 is 0 Å². The van der Waals surface area contributed by atoms with E-state index in [1.165, 1.54) is 16.9 Å². The number of thiazole rings is 1. The van der Waals surface area contributed by atoms with Crippen molar-refractivity contribution in [2.24, 2.45) is 0 Å². The van der Waals surface area contributed by atoms with E-state index in [9.17, 15) is 4.79 Å². The molecule has 1 N–H and O–H groups in total. The number of nitrogens with one attached hydrogen (secondary N) is 1. The highest BCUT2D eigenvalue weighted by atomic mass is 35.5. The number of rotatable bonds is 2. The minimum absolute atomic E-state index is 0.0467. The molecule has 1 amide bonds. The van der Waals surface area contributed by atoms with E-state index in [0.717, 1.165) is 10.2 Å². The fourth-order valence-electron chi connectivity index (χ4n) is 1.24. The van der Waals surface area contributed by atoms with Crippen molar-refractivity contribution in [2.75, 3.05) is 11.2 Å². The van der Waals surface area contributed by atoms with Gasteiger partial charge in [0.2, 0.25) is 5.91 Å². The number of aromatic nitrogens is 1. The zero-order valence-corrected chi connectivity index (χ0v) is 9.65. The number of amides is 1. The third-order valence-electron chi connectivity index (χ3n) is 1.91. The van der Waals surface area contributed by atoms with E-state index in [0.29, 0.717) is 5.13 Å². The van der Waals surface area contributed by atoms with Crippen LogP contribution in [0.4, 0.5) is 5.13 Å². The summed E-state index contributed by atoms with van der Waals surface area (Å²) in [5.41, 5.74) is 2.08. The minimum atomic E-state index is -0.229. The fraction of sp³-hybridized carbons (Fsp3) is 0.200. The molecule has 0 fully saturated rings. The summed E-state index contributed by atoms with van der Waals surface area (Å²) in [6, 6.07) is 5.98. The van der Waals surface area contributed by atoms with Gasteiger partial charge in [-0.15, -0.1) is 11.6 Å². The molecule has 0 spiro atoms. The van der Waals surface area contributed by atoms with Crippen molar-refractivity contribution in [3.8, 4) is 0 Å². The van der Waals surface area contributed by atoms with Crippen molar-refractivity contribution < 1.29 is 4.79 Å². The molecule has 78 valence electrons. The highest BCUT2D eigenvalue weighted by Crippen LogP contribution is 2.26. The number of fused-ring (bicyclic) bond motifs is 1. The molecule has 2 aromatic rings. The van der Waals surface area contributed by atoms with E-state index in [4.69, 9.17) is 11.6 Å². The summed E-state index contributed by atoms with van der Waals surface area (Å²) in [5.74, 6) is -0.276. The average molecular weight is 241 g/mol. The number of nitrogens with zero attached hydrogens (tertiary/aromatic N) is 1. The highest BCUT2D eigenvalue weighted by Gasteiger charge is 2.06. The van der Waals surface area contributed by atoms with Crippen LogP contribution >= 0.6 is 22.9 Å². The summed E-state index contributed by atoms with van der Waals surface area (Å²) in [4.78, 5) is 15.3. The Morgan fingerprint density at radius 2 is 2.40 bits per heavy atom. The van der Waals surface area contributed by atoms with Gasteiger partial charge in [-0.05, 0) is 24.6 Å². The zero-order chi connectivity index (χ0) is 10.8. The molecular weight excluding hydrogens is 232 g/mol. The summed E-state index contributed by atoms with van der Waals surface area (Å²) in [6.45, 7) is 2.02. The maximum atomic E-state index is 11.0. The van der Waals surface area contributed by atoms with Crippen molar-refractivity contribution in [2.45, 2.75) is 6.92 Å². The lowest BCUT2D eigenvalue weighted by Gasteiger charge is -1.94. The molecule has 1 aromatic heterocycles. The Bertz CT molecular complexity index is 509. The molecule has 0 saturated carbocycles. The maximum Gasteiger partial charge on any atom is 0.241 e. The molecule has 0 atom stereocenters. The summed E-state index contributed by atoms with van der Waals surface area (Å²) < 4.78 is 1.07. The van der Waals surface area contributed by atoms with Crippen LogP contribution in [0.3, 0.4) is 0 Å². The van der Waals surface area contributed by atoms with Crippen molar-refractivity contribution in [3.63, 3.8) is 0 Å². The molecule has 2 rings (SSSR count). The van der Waals surface area contributed by atoms with Gasteiger partial charge in [-0.3, -0.25) is 4.79 Å². The predicted octanol–water partition coefficient (Wildman–Crippen LogP) is 2.78. The standard InChI is InChI=1S/C10H9ClN2OS/c1-6-2-3-7-8(4-6)15-10(12-7)13-9(14)5-11/h2-4H,5H2,1H3,(H,12,13,14). The van der Waals surface area contributed by atoms with Gasteiger partial charge in [-0.1, -0.05) is 17.4 Å².